The fourth-order valence-corrected chi connectivity index (χ4v) is 2.71. The molecule has 1 aliphatic carbocycles. The van der Waals surface area contributed by atoms with Crippen LogP contribution in [0.1, 0.15) is 39.0 Å². The first kappa shape index (κ1) is 19.2. The summed E-state index contributed by atoms with van der Waals surface area (Å²) in [6.45, 7) is 5.74. The van der Waals surface area contributed by atoms with Gasteiger partial charge in [0.1, 0.15) is 5.84 Å². The molecule has 0 saturated heterocycles. The van der Waals surface area contributed by atoms with Crippen LogP contribution in [0.4, 0.5) is 0 Å². The summed E-state index contributed by atoms with van der Waals surface area (Å²) in [5, 5.41) is 9.49. The first-order chi connectivity index (χ1) is 11.0. The van der Waals surface area contributed by atoms with Crippen LogP contribution in [0.25, 0.3) is 0 Å². The summed E-state index contributed by atoms with van der Waals surface area (Å²) in [6, 6.07) is 1.09. The monoisotopic (exact) mass is 320 g/mol. The van der Waals surface area contributed by atoms with Gasteiger partial charge in [-0.2, -0.15) is 5.10 Å². The number of hydrogen-bond donors (Lipinski definition) is 2. The Kier molecular flexibility index (Phi) is 8.40. The molecule has 130 valence electrons. The van der Waals surface area contributed by atoms with Crippen molar-refractivity contribution in [2.45, 2.75) is 51.1 Å². The number of guanidine groups is 1. The van der Waals surface area contributed by atoms with Crippen LogP contribution < -0.4 is 11.1 Å². The molecular formula is C17H32N6. The summed E-state index contributed by atoms with van der Waals surface area (Å²) in [4.78, 5) is 6.62. The molecule has 0 aromatic heterocycles. The molecule has 1 rings (SSSR count). The molecule has 0 amide bonds. The summed E-state index contributed by atoms with van der Waals surface area (Å²) >= 11 is 0. The van der Waals surface area contributed by atoms with Crippen molar-refractivity contribution in [3.05, 3.63) is 24.9 Å². The number of rotatable bonds is 6. The summed E-state index contributed by atoms with van der Waals surface area (Å²) in [6.07, 6.45) is 10.9. The van der Waals surface area contributed by atoms with Crippen LogP contribution in [0.5, 0.6) is 0 Å². The zero-order chi connectivity index (χ0) is 17.2. The first-order valence-corrected chi connectivity index (χ1v) is 8.33. The minimum atomic E-state index is 0.412. The van der Waals surface area contributed by atoms with Gasteiger partial charge in [0.15, 0.2) is 0 Å². The Labute approximate surface area is 140 Å². The van der Waals surface area contributed by atoms with Crippen molar-refractivity contribution in [2.24, 2.45) is 15.8 Å². The van der Waals surface area contributed by atoms with E-state index in [1.807, 2.05) is 19.2 Å². The fraction of sp³-hybridized carbons (Fsp3) is 0.647. The molecule has 0 aromatic carbocycles. The fourth-order valence-electron chi connectivity index (χ4n) is 2.71. The Balaban J connectivity index is 2.64. The van der Waals surface area contributed by atoms with E-state index in [9.17, 15) is 0 Å². The van der Waals surface area contributed by atoms with Gasteiger partial charge in [-0.15, -0.1) is 0 Å². The molecule has 1 aliphatic rings. The molecule has 0 bridgehead atoms. The highest BCUT2D eigenvalue weighted by Crippen LogP contribution is 2.21. The van der Waals surface area contributed by atoms with Crippen molar-refractivity contribution >= 4 is 11.8 Å². The third-order valence-corrected chi connectivity index (χ3v) is 4.07. The number of nitrogens with one attached hydrogen (secondary N) is 1. The average Bonchev–Trinajstić information content (AvgIpc) is 2.53. The largest absolute Gasteiger partial charge is 0.382 e. The predicted molar refractivity (Wildman–Crippen MR) is 99.3 cm³/mol. The van der Waals surface area contributed by atoms with Crippen LogP contribution in [0.2, 0.25) is 0 Å². The zero-order valence-electron chi connectivity index (χ0n) is 15.0. The Bertz CT molecular complexity index is 444. The smallest absolute Gasteiger partial charge is 0.219 e. The van der Waals surface area contributed by atoms with Gasteiger partial charge >= 0.3 is 0 Å². The molecule has 0 radical (unpaired) electrons. The molecule has 1 fully saturated rings. The molecule has 6 nitrogen and oxygen atoms in total. The molecule has 0 atom stereocenters. The van der Waals surface area contributed by atoms with Gasteiger partial charge in [-0.1, -0.05) is 19.6 Å². The Morgan fingerprint density at radius 1 is 1.26 bits per heavy atom. The highest BCUT2D eigenvalue weighted by atomic mass is 15.5. The maximum absolute atomic E-state index is 5.89. The van der Waals surface area contributed by atoms with Crippen molar-refractivity contribution in [2.75, 3.05) is 21.1 Å². The normalized spacial score (nSPS) is 23.3. The molecule has 1 saturated carbocycles. The SMILES string of the molecule is C=C/N=C(/N[C@H]1CC[C@H](N(C)C)CC1)N(C)/N=C(N)\C=C/CC. The zero-order valence-corrected chi connectivity index (χ0v) is 15.0. The number of hydrogen-bond acceptors (Lipinski definition) is 3. The second kappa shape index (κ2) is 10.0. The van der Waals surface area contributed by atoms with Crippen molar-refractivity contribution in [1.29, 1.82) is 0 Å². The van der Waals surface area contributed by atoms with Crippen molar-refractivity contribution in [1.82, 2.24) is 15.2 Å². The maximum Gasteiger partial charge on any atom is 0.219 e. The van der Waals surface area contributed by atoms with Gasteiger partial charge in [0, 0.05) is 25.3 Å². The maximum atomic E-state index is 5.89. The third-order valence-electron chi connectivity index (χ3n) is 4.07. The molecule has 0 heterocycles. The van der Waals surface area contributed by atoms with E-state index in [4.69, 9.17) is 5.73 Å². The molecule has 0 unspecified atom stereocenters. The van der Waals surface area contributed by atoms with E-state index in [-0.39, 0.29) is 0 Å². The van der Waals surface area contributed by atoms with E-state index in [1.54, 1.807) is 5.01 Å². The Hall–Kier alpha value is -1.82. The average molecular weight is 320 g/mol. The number of allylic oxidation sites excluding steroid dienone is 1. The Morgan fingerprint density at radius 3 is 2.43 bits per heavy atom. The highest BCUT2D eigenvalue weighted by molar-refractivity contribution is 5.92. The van der Waals surface area contributed by atoms with Crippen LogP contribution in [0, 0.1) is 0 Å². The minimum Gasteiger partial charge on any atom is -0.382 e. The van der Waals surface area contributed by atoms with Gasteiger partial charge in [-0.25, -0.2) is 10.0 Å². The summed E-state index contributed by atoms with van der Waals surface area (Å²) in [5.41, 5.74) is 5.89. The lowest BCUT2D eigenvalue weighted by molar-refractivity contribution is 0.210. The summed E-state index contributed by atoms with van der Waals surface area (Å²) in [5.74, 6) is 1.14. The van der Waals surface area contributed by atoms with Crippen molar-refractivity contribution < 1.29 is 0 Å². The number of aliphatic imine (C=N–C) groups is 1. The lowest BCUT2D eigenvalue weighted by atomic mass is 9.90. The van der Waals surface area contributed by atoms with Gasteiger partial charge in [0.2, 0.25) is 5.96 Å². The van der Waals surface area contributed by atoms with Crippen LogP contribution in [0.15, 0.2) is 35.0 Å². The molecule has 3 N–H and O–H groups in total. The van der Waals surface area contributed by atoms with Crippen LogP contribution in [-0.4, -0.2) is 54.9 Å². The number of nitrogens with zero attached hydrogens (tertiary/aromatic N) is 4. The topological polar surface area (TPSA) is 69.2 Å². The molecule has 6 heteroatoms. The number of hydrazone groups is 1. The van der Waals surface area contributed by atoms with E-state index < -0.39 is 0 Å². The van der Waals surface area contributed by atoms with Crippen LogP contribution in [0.3, 0.4) is 0 Å². The van der Waals surface area contributed by atoms with Crippen LogP contribution in [-0.2, 0) is 0 Å². The molecule has 0 spiro atoms. The lowest BCUT2D eigenvalue weighted by Gasteiger charge is -2.34. The minimum absolute atomic E-state index is 0.412. The van der Waals surface area contributed by atoms with Crippen LogP contribution >= 0.6 is 0 Å². The van der Waals surface area contributed by atoms with E-state index >= 15 is 0 Å². The quantitative estimate of drug-likeness (QED) is 0.447. The molecule has 0 aliphatic heterocycles. The van der Waals surface area contributed by atoms with Gasteiger partial charge in [-0.05, 0) is 52.3 Å². The summed E-state index contributed by atoms with van der Waals surface area (Å²) < 4.78 is 0. The summed E-state index contributed by atoms with van der Waals surface area (Å²) in [7, 11) is 6.14. The molecule has 23 heavy (non-hydrogen) atoms. The predicted octanol–water partition coefficient (Wildman–Crippen LogP) is 2.12. The van der Waals surface area contributed by atoms with Gasteiger partial charge in [0.05, 0.1) is 0 Å². The Morgan fingerprint density at radius 2 is 1.91 bits per heavy atom. The second-order valence-electron chi connectivity index (χ2n) is 6.11. The standard InChI is InChI=1S/C17H32N6/c1-6-8-9-16(18)21-23(5)17(19-7-2)20-14-10-12-15(13-11-14)22(3)4/h7-9,14-15H,2,6,10-13H2,1,3-5H3,(H2,18,21)(H,19,20)/b9-8-/t14-,15-. The molecular weight excluding hydrogens is 288 g/mol. The van der Waals surface area contributed by atoms with Gasteiger partial charge < -0.3 is 16.0 Å². The van der Waals surface area contributed by atoms with Crippen molar-refractivity contribution in [3.8, 4) is 0 Å². The highest BCUT2D eigenvalue weighted by Gasteiger charge is 2.23. The van der Waals surface area contributed by atoms with E-state index in [0.717, 1.165) is 19.3 Å². The third kappa shape index (κ3) is 6.86. The number of amidine groups is 1. The van der Waals surface area contributed by atoms with E-state index in [0.29, 0.717) is 23.9 Å². The van der Waals surface area contributed by atoms with Gasteiger partial charge in [0.25, 0.3) is 0 Å². The second-order valence-corrected chi connectivity index (χ2v) is 6.11. The number of nitrogens with two attached hydrogens (primary N) is 1. The van der Waals surface area contributed by atoms with Gasteiger partial charge in [-0.3, -0.25) is 0 Å². The van der Waals surface area contributed by atoms with E-state index in [2.05, 4.69) is 47.9 Å². The molecule has 0 aromatic rings. The van der Waals surface area contributed by atoms with Crippen molar-refractivity contribution in [3.63, 3.8) is 0 Å². The van der Waals surface area contributed by atoms with E-state index in [1.165, 1.54) is 19.0 Å². The lowest BCUT2D eigenvalue weighted by Crippen LogP contribution is -2.46. The first-order valence-electron chi connectivity index (χ1n) is 8.33.